The Bertz CT molecular complexity index is 1250. The Hall–Kier alpha value is -4.14. The fourth-order valence-corrected chi connectivity index (χ4v) is 3.81. The van der Waals surface area contributed by atoms with E-state index in [9.17, 15) is 9.59 Å². The van der Waals surface area contributed by atoms with Crippen LogP contribution in [0.5, 0.6) is 0 Å². The van der Waals surface area contributed by atoms with Crippen LogP contribution in [0, 0.1) is 0 Å². The number of pyridine rings is 1. The Morgan fingerprint density at radius 1 is 1.06 bits per heavy atom. The molecule has 5 rings (SSSR count). The average Bonchev–Trinajstić information content (AvgIpc) is 3.47. The second-order valence-electron chi connectivity index (χ2n) is 7.87. The number of benzene rings is 2. The lowest BCUT2D eigenvalue weighted by Gasteiger charge is -2.22. The molecule has 4 aromatic rings. The van der Waals surface area contributed by atoms with Crippen molar-refractivity contribution in [2.24, 2.45) is 0 Å². The topological polar surface area (TPSA) is 115 Å². The number of fused-ring (bicyclic) bond motifs is 1. The van der Waals surface area contributed by atoms with Crippen molar-refractivity contribution in [2.45, 2.75) is 24.4 Å². The summed E-state index contributed by atoms with van der Waals surface area (Å²) in [6, 6.07) is 17.0. The largest absolute Gasteiger partial charge is 0.352 e. The zero-order chi connectivity index (χ0) is 22.0. The number of hydrogen-bond acceptors (Lipinski definition) is 6. The van der Waals surface area contributed by atoms with E-state index in [-0.39, 0.29) is 18.4 Å². The van der Waals surface area contributed by atoms with Gasteiger partial charge in [0.05, 0.1) is 11.6 Å². The molecule has 2 amide bonds. The van der Waals surface area contributed by atoms with Gasteiger partial charge < -0.3 is 10.6 Å². The van der Waals surface area contributed by atoms with Gasteiger partial charge in [-0.2, -0.15) is 0 Å². The van der Waals surface area contributed by atoms with Gasteiger partial charge >= 0.3 is 0 Å². The molecule has 9 heteroatoms. The van der Waals surface area contributed by atoms with Gasteiger partial charge in [-0.3, -0.25) is 14.6 Å². The Labute approximate surface area is 183 Å². The lowest BCUT2D eigenvalue weighted by Crippen LogP contribution is -2.44. The number of tetrazole rings is 1. The van der Waals surface area contributed by atoms with Crippen LogP contribution in [0.15, 0.2) is 73.3 Å². The number of hydrogen-bond donors (Lipinski definition) is 2. The Morgan fingerprint density at radius 3 is 2.62 bits per heavy atom. The maximum absolute atomic E-state index is 13.0. The molecule has 1 aliphatic rings. The molecule has 1 saturated carbocycles. The molecule has 0 spiro atoms. The summed E-state index contributed by atoms with van der Waals surface area (Å²) in [5.74, 6) is -0.418. The summed E-state index contributed by atoms with van der Waals surface area (Å²) in [7, 11) is 0. The van der Waals surface area contributed by atoms with Crippen LogP contribution in [0.4, 0.5) is 0 Å². The Balaban J connectivity index is 1.38. The number of carbonyl (C=O) groups is 2. The van der Waals surface area contributed by atoms with Gasteiger partial charge in [0, 0.05) is 18.9 Å². The Kier molecular flexibility index (Phi) is 5.06. The average molecular weight is 427 g/mol. The van der Waals surface area contributed by atoms with E-state index in [0.29, 0.717) is 18.4 Å². The summed E-state index contributed by atoms with van der Waals surface area (Å²) in [5.41, 5.74) is 0.607. The third kappa shape index (κ3) is 3.80. The predicted octanol–water partition coefficient (Wildman–Crippen LogP) is 2.00. The molecule has 0 aliphatic heterocycles. The van der Waals surface area contributed by atoms with E-state index in [1.165, 1.54) is 17.2 Å². The first-order chi connectivity index (χ1) is 15.7. The maximum atomic E-state index is 13.0. The van der Waals surface area contributed by atoms with Gasteiger partial charge in [-0.25, -0.2) is 4.68 Å². The van der Waals surface area contributed by atoms with Crippen molar-refractivity contribution in [3.63, 3.8) is 0 Å². The zero-order valence-corrected chi connectivity index (χ0v) is 17.2. The van der Waals surface area contributed by atoms with Crippen molar-refractivity contribution >= 4 is 22.6 Å². The molecule has 0 saturated heterocycles. The van der Waals surface area contributed by atoms with E-state index in [4.69, 9.17) is 0 Å². The van der Waals surface area contributed by atoms with Gasteiger partial charge in [0.2, 0.25) is 5.91 Å². The summed E-state index contributed by atoms with van der Waals surface area (Å²) in [6.07, 6.45) is 5.94. The number of aromatic nitrogens is 5. The van der Waals surface area contributed by atoms with Crippen LogP contribution in [0.3, 0.4) is 0 Å². The predicted molar refractivity (Wildman–Crippen MR) is 116 cm³/mol. The molecule has 1 atom stereocenters. The zero-order valence-electron chi connectivity index (χ0n) is 17.2. The van der Waals surface area contributed by atoms with Crippen LogP contribution < -0.4 is 10.6 Å². The number of nitrogens with one attached hydrogen (secondary N) is 2. The second kappa shape index (κ2) is 8.18. The van der Waals surface area contributed by atoms with Gasteiger partial charge in [-0.1, -0.05) is 36.4 Å². The molecule has 32 heavy (non-hydrogen) atoms. The van der Waals surface area contributed by atoms with Gasteiger partial charge in [0.15, 0.2) is 0 Å². The monoisotopic (exact) mass is 427 g/mol. The highest BCUT2D eigenvalue weighted by Gasteiger charge is 2.53. The van der Waals surface area contributed by atoms with Crippen LogP contribution in [0.2, 0.25) is 0 Å². The molecule has 0 radical (unpaired) electrons. The number of nitrogens with zero attached hydrogens (tertiary/aromatic N) is 5. The lowest BCUT2D eigenvalue weighted by molar-refractivity contribution is -0.126. The SMILES string of the molecule is O=C(NC(CNC(=O)C1(n2cnnn2)CC1)c1ccc2ccccc2c1)c1cccnc1. The molecule has 160 valence electrons. The van der Waals surface area contributed by atoms with E-state index >= 15 is 0 Å². The molecule has 1 unspecified atom stereocenters. The van der Waals surface area contributed by atoms with Crippen molar-refractivity contribution in [3.05, 3.63) is 84.4 Å². The lowest BCUT2D eigenvalue weighted by atomic mass is 10.0. The number of rotatable bonds is 7. The van der Waals surface area contributed by atoms with Crippen LogP contribution in [0.25, 0.3) is 10.8 Å². The minimum atomic E-state index is -0.745. The van der Waals surface area contributed by atoms with Crippen LogP contribution in [-0.2, 0) is 10.3 Å². The highest BCUT2D eigenvalue weighted by Crippen LogP contribution is 2.42. The van der Waals surface area contributed by atoms with Gasteiger partial charge in [-0.15, -0.1) is 5.10 Å². The third-order valence-corrected chi connectivity index (χ3v) is 5.81. The molecule has 2 N–H and O–H groups in total. The Morgan fingerprint density at radius 2 is 1.91 bits per heavy atom. The molecule has 2 aromatic carbocycles. The maximum Gasteiger partial charge on any atom is 0.253 e. The molecule has 1 aliphatic carbocycles. The first-order valence-corrected chi connectivity index (χ1v) is 10.4. The molecule has 9 nitrogen and oxygen atoms in total. The smallest absolute Gasteiger partial charge is 0.253 e. The van der Waals surface area contributed by atoms with Crippen LogP contribution >= 0.6 is 0 Å². The summed E-state index contributed by atoms with van der Waals surface area (Å²) in [6.45, 7) is 0.229. The fraction of sp³-hybridized carbons (Fsp3) is 0.217. The van der Waals surface area contributed by atoms with Crippen molar-refractivity contribution in [3.8, 4) is 0 Å². The minimum absolute atomic E-state index is 0.161. The quantitative estimate of drug-likeness (QED) is 0.466. The van der Waals surface area contributed by atoms with E-state index in [1.807, 2.05) is 42.5 Å². The van der Waals surface area contributed by atoms with Gasteiger partial charge in [0.1, 0.15) is 11.9 Å². The first kappa shape index (κ1) is 19.8. The highest BCUT2D eigenvalue weighted by molar-refractivity contribution is 5.94. The van der Waals surface area contributed by atoms with E-state index < -0.39 is 11.6 Å². The van der Waals surface area contributed by atoms with Gasteiger partial charge in [0.25, 0.3) is 5.91 Å². The molecule has 0 bridgehead atoms. The summed E-state index contributed by atoms with van der Waals surface area (Å²) < 4.78 is 1.50. The second-order valence-corrected chi connectivity index (χ2v) is 7.87. The van der Waals surface area contributed by atoms with Gasteiger partial charge in [-0.05, 0) is 57.8 Å². The molecule has 1 fully saturated rings. The van der Waals surface area contributed by atoms with Crippen molar-refractivity contribution in [1.29, 1.82) is 0 Å². The molecular weight excluding hydrogens is 406 g/mol. The van der Waals surface area contributed by atoms with E-state index in [0.717, 1.165) is 16.3 Å². The summed E-state index contributed by atoms with van der Waals surface area (Å²) >= 11 is 0. The third-order valence-electron chi connectivity index (χ3n) is 5.81. The molecule has 2 aromatic heterocycles. The van der Waals surface area contributed by atoms with E-state index in [1.54, 1.807) is 18.3 Å². The fourth-order valence-electron chi connectivity index (χ4n) is 3.81. The molecule has 2 heterocycles. The normalized spacial score (nSPS) is 15.1. The van der Waals surface area contributed by atoms with Crippen LogP contribution in [0.1, 0.15) is 34.8 Å². The minimum Gasteiger partial charge on any atom is -0.352 e. The first-order valence-electron chi connectivity index (χ1n) is 10.4. The number of carbonyl (C=O) groups excluding carboxylic acids is 2. The van der Waals surface area contributed by atoms with Crippen molar-refractivity contribution in [2.75, 3.05) is 6.54 Å². The summed E-state index contributed by atoms with van der Waals surface area (Å²) in [5, 5.41) is 19.4. The summed E-state index contributed by atoms with van der Waals surface area (Å²) in [4.78, 5) is 29.8. The molecular formula is C23H21N7O2. The van der Waals surface area contributed by atoms with Crippen LogP contribution in [-0.4, -0.2) is 43.6 Å². The standard InChI is InChI=1S/C23H21N7O2/c31-21(19-6-3-11-24-13-19)27-20(18-8-7-16-4-1-2-5-17(16)12-18)14-25-22(32)23(9-10-23)30-15-26-28-29-30/h1-8,11-13,15,20H,9-10,14H2,(H,25,32)(H,27,31). The van der Waals surface area contributed by atoms with Crippen molar-refractivity contribution < 1.29 is 9.59 Å². The highest BCUT2D eigenvalue weighted by atomic mass is 16.2. The number of amides is 2. The van der Waals surface area contributed by atoms with E-state index in [2.05, 4.69) is 31.1 Å². The van der Waals surface area contributed by atoms with Crippen molar-refractivity contribution in [1.82, 2.24) is 35.8 Å².